The Balaban J connectivity index is 2.09. The molecule has 0 saturated heterocycles. The van der Waals surface area contributed by atoms with Crippen LogP contribution in [-0.2, 0) is 9.47 Å². The quantitative estimate of drug-likeness (QED) is 0.595. The second-order valence-corrected chi connectivity index (χ2v) is 7.32. The maximum absolute atomic E-state index is 12.5. The lowest BCUT2D eigenvalue weighted by molar-refractivity contribution is -0.0504. The number of ether oxygens (including phenoxy) is 2. The molecule has 2 unspecified atom stereocenters. The van der Waals surface area contributed by atoms with E-state index in [9.17, 15) is 9.59 Å². The molecule has 0 saturated carbocycles. The van der Waals surface area contributed by atoms with E-state index in [4.69, 9.17) is 9.47 Å². The van der Waals surface area contributed by atoms with Gasteiger partial charge in [-0.15, -0.1) is 0 Å². The zero-order valence-electron chi connectivity index (χ0n) is 16.5. The highest BCUT2D eigenvalue weighted by molar-refractivity contribution is 5.90. The molecule has 2 atom stereocenters. The Morgan fingerprint density at radius 2 is 1.37 bits per heavy atom. The smallest absolute Gasteiger partial charge is 0.338 e. The predicted molar refractivity (Wildman–Crippen MR) is 106 cm³/mol. The number of benzene rings is 2. The predicted octanol–water partition coefficient (Wildman–Crippen LogP) is 5.28. The Morgan fingerprint density at radius 3 is 1.81 bits per heavy atom. The Kier molecular flexibility index (Phi) is 7.17. The minimum absolute atomic E-state index is 0.0963. The van der Waals surface area contributed by atoms with E-state index in [-0.39, 0.29) is 24.0 Å². The molecule has 4 heteroatoms. The molecule has 0 aliphatic carbocycles. The van der Waals surface area contributed by atoms with E-state index in [1.54, 1.807) is 48.5 Å². The van der Waals surface area contributed by atoms with Crippen molar-refractivity contribution >= 4 is 11.9 Å². The largest absolute Gasteiger partial charge is 0.458 e. The van der Waals surface area contributed by atoms with Gasteiger partial charge < -0.3 is 9.47 Å². The highest BCUT2D eigenvalue weighted by atomic mass is 16.6. The molecule has 0 amide bonds. The summed E-state index contributed by atoms with van der Waals surface area (Å²) in [6.07, 6.45) is 0.710. The van der Waals surface area contributed by atoms with Crippen LogP contribution in [0.4, 0.5) is 0 Å². The second-order valence-electron chi connectivity index (χ2n) is 7.32. The molecule has 0 heterocycles. The number of rotatable bonds is 8. The summed E-state index contributed by atoms with van der Waals surface area (Å²) in [7, 11) is 0. The standard InChI is InChI=1S/C23H28O4/c1-5-23(4,27-22(25)19-14-10-7-11-15-19)16-20(17(2)3)26-21(24)18-12-8-6-9-13-18/h6-15,17,20H,5,16H2,1-4H3. The van der Waals surface area contributed by atoms with Crippen molar-refractivity contribution in [3.63, 3.8) is 0 Å². The van der Waals surface area contributed by atoms with Crippen molar-refractivity contribution in [1.29, 1.82) is 0 Å². The van der Waals surface area contributed by atoms with Crippen molar-refractivity contribution < 1.29 is 19.1 Å². The summed E-state index contributed by atoms with van der Waals surface area (Å²) in [5, 5.41) is 0. The van der Waals surface area contributed by atoms with E-state index in [0.29, 0.717) is 24.0 Å². The molecule has 144 valence electrons. The van der Waals surface area contributed by atoms with Gasteiger partial charge in [0.2, 0.25) is 0 Å². The van der Waals surface area contributed by atoms with E-state index in [1.165, 1.54) is 0 Å². The molecule has 0 spiro atoms. The fraction of sp³-hybridized carbons (Fsp3) is 0.391. The molecule has 0 bridgehead atoms. The van der Waals surface area contributed by atoms with Crippen molar-refractivity contribution in [2.75, 3.05) is 0 Å². The van der Waals surface area contributed by atoms with Crippen LogP contribution in [0.25, 0.3) is 0 Å². The summed E-state index contributed by atoms with van der Waals surface area (Å²) in [5.41, 5.74) is 0.306. The average Bonchev–Trinajstić information content (AvgIpc) is 2.68. The molecule has 2 rings (SSSR count). The van der Waals surface area contributed by atoms with Gasteiger partial charge in [0.25, 0.3) is 0 Å². The van der Waals surface area contributed by atoms with Crippen LogP contribution in [0, 0.1) is 5.92 Å². The first-order valence-corrected chi connectivity index (χ1v) is 9.39. The van der Waals surface area contributed by atoms with Crippen LogP contribution in [0.2, 0.25) is 0 Å². The summed E-state index contributed by atoms with van der Waals surface area (Å²) in [4.78, 5) is 24.9. The fourth-order valence-electron chi connectivity index (χ4n) is 2.73. The van der Waals surface area contributed by atoms with Crippen molar-refractivity contribution in [2.45, 2.75) is 52.2 Å². The van der Waals surface area contributed by atoms with Gasteiger partial charge in [0, 0.05) is 6.42 Å². The van der Waals surface area contributed by atoms with Crippen LogP contribution in [0.15, 0.2) is 60.7 Å². The van der Waals surface area contributed by atoms with E-state index >= 15 is 0 Å². The summed E-state index contributed by atoms with van der Waals surface area (Å²) in [6.45, 7) is 7.85. The van der Waals surface area contributed by atoms with Crippen LogP contribution in [0.5, 0.6) is 0 Å². The van der Waals surface area contributed by atoms with E-state index in [0.717, 1.165) is 0 Å². The molecule has 2 aromatic rings. The molecule has 0 aliphatic rings. The SMILES string of the molecule is CCC(C)(CC(OC(=O)c1ccccc1)C(C)C)OC(=O)c1ccccc1. The van der Waals surface area contributed by atoms with Crippen molar-refractivity contribution in [1.82, 2.24) is 0 Å². The monoisotopic (exact) mass is 368 g/mol. The van der Waals surface area contributed by atoms with Gasteiger partial charge in [-0.25, -0.2) is 9.59 Å². The summed E-state index contributed by atoms with van der Waals surface area (Å²) in [5.74, 6) is -0.627. The van der Waals surface area contributed by atoms with Gasteiger partial charge in [-0.05, 0) is 43.5 Å². The molecular weight excluding hydrogens is 340 g/mol. The second kappa shape index (κ2) is 9.36. The van der Waals surface area contributed by atoms with Crippen LogP contribution in [0.3, 0.4) is 0 Å². The lowest BCUT2D eigenvalue weighted by Gasteiger charge is -2.33. The third-order valence-electron chi connectivity index (χ3n) is 4.74. The van der Waals surface area contributed by atoms with E-state index in [1.807, 2.05) is 39.8 Å². The van der Waals surface area contributed by atoms with E-state index < -0.39 is 5.60 Å². The van der Waals surface area contributed by atoms with Crippen molar-refractivity contribution in [2.24, 2.45) is 5.92 Å². The molecule has 0 fully saturated rings. The topological polar surface area (TPSA) is 52.6 Å². The normalized spacial score (nSPS) is 14.3. The minimum atomic E-state index is -0.723. The Hall–Kier alpha value is -2.62. The van der Waals surface area contributed by atoms with Gasteiger partial charge >= 0.3 is 11.9 Å². The first-order valence-electron chi connectivity index (χ1n) is 9.39. The maximum atomic E-state index is 12.5. The number of carbonyl (C=O) groups excluding carboxylic acids is 2. The Bertz CT molecular complexity index is 739. The lowest BCUT2D eigenvalue weighted by atomic mass is 9.90. The molecule has 0 radical (unpaired) electrons. The van der Waals surface area contributed by atoms with Gasteiger partial charge in [0.1, 0.15) is 11.7 Å². The number of hydrogen-bond acceptors (Lipinski definition) is 4. The van der Waals surface area contributed by atoms with Crippen LogP contribution < -0.4 is 0 Å². The van der Waals surface area contributed by atoms with Crippen molar-refractivity contribution in [3.05, 3.63) is 71.8 Å². The molecule has 27 heavy (non-hydrogen) atoms. The zero-order valence-corrected chi connectivity index (χ0v) is 16.5. The highest BCUT2D eigenvalue weighted by Gasteiger charge is 2.34. The summed E-state index contributed by atoms with van der Waals surface area (Å²) < 4.78 is 11.6. The number of hydrogen-bond donors (Lipinski definition) is 0. The molecule has 0 N–H and O–H groups in total. The van der Waals surface area contributed by atoms with Gasteiger partial charge in [0.05, 0.1) is 11.1 Å². The third kappa shape index (κ3) is 5.95. The molecular formula is C23H28O4. The molecule has 0 aromatic heterocycles. The fourth-order valence-corrected chi connectivity index (χ4v) is 2.73. The van der Waals surface area contributed by atoms with Gasteiger partial charge in [-0.3, -0.25) is 0 Å². The van der Waals surface area contributed by atoms with Gasteiger partial charge in [-0.2, -0.15) is 0 Å². The van der Waals surface area contributed by atoms with Crippen LogP contribution in [-0.4, -0.2) is 23.6 Å². The third-order valence-corrected chi connectivity index (χ3v) is 4.74. The van der Waals surface area contributed by atoms with Crippen LogP contribution >= 0.6 is 0 Å². The molecule has 4 nitrogen and oxygen atoms in total. The first kappa shape index (κ1) is 20.7. The Morgan fingerprint density at radius 1 is 0.889 bits per heavy atom. The molecule has 0 aliphatic heterocycles. The van der Waals surface area contributed by atoms with Gasteiger partial charge in [0.15, 0.2) is 0 Å². The minimum Gasteiger partial charge on any atom is -0.458 e. The maximum Gasteiger partial charge on any atom is 0.338 e. The van der Waals surface area contributed by atoms with Gasteiger partial charge in [-0.1, -0.05) is 57.2 Å². The Labute approximate surface area is 161 Å². The van der Waals surface area contributed by atoms with Crippen molar-refractivity contribution in [3.8, 4) is 0 Å². The lowest BCUT2D eigenvalue weighted by Crippen LogP contribution is -2.38. The highest BCUT2D eigenvalue weighted by Crippen LogP contribution is 2.28. The summed E-state index contributed by atoms with van der Waals surface area (Å²) >= 11 is 0. The molecule has 2 aromatic carbocycles. The number of carbonyl (C=O) groups is 2. The zero-order chi connectivity index (χ0) is 19.9. The summed E-state index contributed by atoms with van der Waals surface area (Å²) in [6, 6.07) is 17.8. The average molecular weight is 368 g/mol. The van der Waals surface area contributed by atoms with Crippen LogP contribution in [0.1, 0.15) is 61.3 Å². The number of esters is 2. The first-order chi connectivity index (χ1) is 12.8. The van der Waals surface area contributed by atoms with E-state index in [2.05, 4.69) is 0 Å².